The number of hydrogen-bond acceptors (Lipinski definition) is 4. The lowest BCUT2D eigenvalue weighted by Gasteiger charge is -2.25. The van der Waals surface area contributed by atoms with Crippen molar-refractivity contribution in [3.8, 4) is 5.75 Å². The maximum Gasteiger partial charge on any atom is 0.262 e. The smallest absolute Gasteiger partial charge is 0.262 e. The van der Waals surface area contributed by atoms with Gasteiger partial charge in [-0.3, -0.25) is 9.59 Å². The van der Waals surface area contributed by atoms with E-state index >= 15 is 0 Å². The van der Waals surface area contributed by atoms with Gasteiger partial charge < -0.3 is 9.64 Å². The number of amides is 2. The minimum atomic E-state index is -0.639. The van der Waals surface area contributed by atoms with Crippen molar-refractivity contribution in [1.29, 1.82) is 0 Å². The average molecular weight is 480 g/mol. The van der Waals surface area contributed by atoms with Gasteiger partial charge in [0.05, 0.1) is 24.4 Å². The van der Waals surface area contributed by atoms with Crippen molar-refractivity contribution in [1.82, 2.24) is 9.91 Å². The Bertz CT molecular complexity index is 1260. The predicted molar refractivity (Wildman–Crippen MR) is 129 cm³/mol. The summed E-state index contributed by atoms with van der Waals surface area (Å²) in [6.07, 6.45) is 0.438. The first-order valence-corrected chi connectivity index (χ1v) is 11.0. The van der Waals surface area contributed by atoms with Crippen LogP contribution in [0.25, 0.3) is 0 Å². The van der Waals surface area contributed by atoms with Crippen LogP contribution < -0.4 is 4.74 Å². The van der Waals surface area contributed by atoms with Gasteiger partial charge in [-0.05, 0) is 35.9 Å². The highest BCUT2D eigenvalue weighted by Crippen LogP contribution is 2.36. The number of ether oxygens (including phenoxy) is 1. The topological polar surface area (TPSA) is 62.2 Å². The van der Waals surface area contributed by atoms with Crippen molar-refractivity contribution in [2.45, 2.75) is 12.5 Å². The first kappa shape index (κ1) is 23.4. The fourth-order valence-electron chi connectivity index (χ4n) is 3.89. The monoisotopic (exact) mass is 479 g/mol. The lowest BCUT2D eigenvalue weighted by atomic mass is 9.98. The molecule has 6 nitrogen and oxygen atoms in total. The summed E-state index contributed by atoms with van der Waals surface area (Å²) in [5.74, 6) is -0.957. The number of benzene rings is 3. The molecule has 1 aliphatic heterocycles. The van der Waals surface area contributed by atoms with E-state index < -0.39 is 23.7 Å². The summed E-state index contributed by atoms with van der Waals surface area (Å²) < 4.78 is 19.4. The van der Waals surface area contributed by atoms with Gasteiger partial charge in [-0.25, -0.2) is 9.40 Å². The van der Waals surface area contributed by atoms with E-state index in [-0.39, 0.29) is 12.1 Å². The van der Waals surface area contributed by atoms with Crippen LogP contribution in [0.2, 0.25) is 5.02 Å². The Hall–Kier alpha value is -3.71. The van der Waals surface area contributed by atoms with Crippen molar-refractivity contribution in [2.24, 2.45) is 5.10 Å². The van der Waals surface area contributed by atoms with E-state index in [4.69, 9.17) is 16.3 Å². The van der Waals surface area contributed by atoms with Gasteiger partial charge in [-0.2, -0.15) is 5.10 Å². The molecule has 1 aliphatic rings. The summed E-state index contributed by atoms with van der Waals surface area (Å²) in [4.78, 5) is 27.2. The number of hydrazone groups is 1. The summed E-state index contributed by atoms with van der Waals surface area (Å²) in [6, 6.07) is 19.9. The summed E-state index contributed by atoms with van der Waals surface area (Å²) in [5.41, 5.74) is 2.17. The molecule has 3 aromatic rings. The summed E-state index contributed by atoms with van der Waals surface area (Å²) >= 11 is 6.45. The molecule has 0 saturated carbocycles. The van der Waals surface area contributed by atoms with Crippen LogP contribution in [0.3, 0.4) is 0 Å². The third-order valence-electron chi connectivity index (χ3n) is 5.66. The normalized spacial score (nSPS) is 15.1. The minimum Gasteiger partial charge on any atom is -0.497 e. The quantitative estimate of drug-likeness (QED) is 0.503. The Kier molecular flexibility index (Phi) is 6.93. The fraction of sp³-hybridized carbons (Fsp3) is 0.192. The second kappa shape index (κ2) is 10.1. The van der Waals surface area contributed by atoms with Gasteiger partial charge in [-0.15, -0.1) is 0 Å². The summed E-state index contributed by atoms with van der Waals surface area (Å²) in [5, 5.41) is 6.49. The number of rotatable bonds is 6. The molecular weight excluding hydrogens is 457 g/mol. The van der Waals surface area contributed by atoms with Crippen molar-refractivity contribution in [2.75, 3.05) is 20.7 Å². The molecule has 0 aromatic heterocycles. The van der Waals surface area contributed by atoms with Crippen LogP contribution in [-0.4, -0.2) is 48.1 Å². The fourth-order valence-corrected chi connectivity index (χ4v) is 4.15. The van der Waals surface area contributed by atoms with Crippen molar-refractivity contribution in [3.63, 3.8) is 0 Å². The average Bonchev–Trinajstić information content (AvgIpc) is 3.29. The zero-order chi connectivity index (χ0) is 24.2. The Balaban J connectivity index is 1.63. The third kappa shape index (κ3) is 4.79. The summed E-state index contributed by atoms with van der Waals surface area (Å²) in [7, 11) is 3.04. The molecule has 34 heavy (non-hydrogen) atoms. The molecule has 4 rings (SSSR count). The van der Waals surface area contributed by atoms with Crippen LogP contribution in [0, 0.1) is 5.82 Å². The molecule has 0 unspecified atom stereocenters. The SMILES string of the molecule is COc1cccc(C2=NN(C(=O)CN(C)C(=O)c3ccccc3F)[C@@H](c3ccccc3Cl)C2)c1. The van der Waals surface area contributed by atoms with Crippen LogP contribution in [-0.2, 0) is 4.79 Å². The van der Waals surface area contributed by atoms with Gasteiger partial charge in [0.25, 0.3) is 11.8 Å². The van der Waals surface area contributed by atoms with Crippen LogP contribution >= 0.6 is 11.6 Å². The standard InChI is InChI=1S/C26H23ClFN3O3/c1-30(26(33)20-11-4-6-13-22(20)28)16-25(32)31-24(19-10-3-5-12-21(19)27)15-23(29-31)17-8-7-9-18(14-17)34-2/h3-14,24H,15-16H2,1-2H3/t24-/m1/s1. The van der Waals surface area contributed by atoms with E-state index in [1.807, 2.05) is 42.5 Å². The maximum absolute atomic E-state index is 14.1. The van der Waals surface area contributed by atoms with Gasteiger partial charge >= 0.3 is 0 Å². The third-order valence-corrected chi connectivity index (χ3v) is 6.00. The molecule has 0 bridgehead atoms. The Morgan fingerprint density at radius 1 is 1.12 bits per heavy atom. The Labute approximate surface area is 202 Å². The Morgan fingerprint density at radius 3 is 2.59 bits per heavy atom. The predicted octanol–water partition coefficient (Wildman–Crippen LogP) is 4.94. The molecule has 2 amide bonds. The van der Waals surface area contributed by atoms with Gasteiger partial charge in [0, 0.05) is 24.1 Å². The summed E-state index contributed by atoms with van der Waals surface area (Å²) in [6.45, 7) is -0.275. The molecule has 0 fully saturated rings. The number of methoxy groups -OCH3 is 1. The van der Waals surface area contributed by atoms with Crippen LogP contribution in [0.1, 0.15) is 33.9 Å². The van der Waals surface area contributed by atoms with E-state index in [1.54, 1.807) is 19.2 Å². The first-order chi connectivity index (χ1) is 16.4. The van der Waals surface area contributed by atoms with Crippen LogP contribution in [0.4, 0.5) is 4.39 Å². The van der Waals surface area contributed by atoms with Gasteiger partial charge in [0.2, 0.25) is 0 Å². The van der Waals surface area contributed by atoms with E-state index in [2.05, 4.69) is 5.10 Å². The van der Waals surface area contributed by atoms with E-state index in [9.17, 15) is 14.0 Å². The van der Waals surface area contributed by atoms with Gasteiger partial charge in [0.15, 0.2) is 0 Å². The molecule has 0 radical (unpaired) electrons. The zero-order valence-electron chi connectivity index (χ0n) is 18.7. The van der Waals surface area contributed by atoms with E-state index in [0.29, 0.717) is 22.9 Å². The lowest BCUT2D eigenvalue weighted by molar-refractivity contribution is -0.133. The van der Waals surface area contributed by atoms with Crippen molar-refractivity contribution in [3.05, 3.63) is 100 Å². The molecule has 0 saturated heterocycles. The highest BCUT2D eigenvalue weighted by atomic mass is 35.5. The second-order valence-corrected chi connectivity index (χ2v) is 8.31. The molecule has 0 aliphatic carbocycles. The molecular formula is C26H23ClFN3O3. The molecule has 3 aromatic carbocycles. The maximum atomic E-state index is 14.1. The lowest BCUT2D eigenvalue weighted by Crippen LogP contribution is -2.39. The minimum absolute atomic E-state index is 0.0950. The number of carbonyl (C=O) groups excluding carboxylic acids is 2. The van der Waals surface area contributed by atoms with E-state index in [0.717, 1.165) is 11.1 Å². The first-order valence-electron chi connectivity index (χ1n) is 10.7. The molecule has 0 N–H and O–H groups in total. The molecule has 1 heterocycles. The molecule has 1 atom stereocenters. The zero-order valence-corrected chi connectivity index (χ0v) is 19.5. The highest BCUT2D eigenvalue weighted by Gasteiger charge is 2.35. The number of halogens is 2. The van der Waals surface area contributed by atoms with Crippen molar-refractivity contribution < 1.29 is 18.7 Å². The Morgan fingerprint density at radius 2 is 1.85 bits per heavy atom. The van der Waals surface area contributed by atoms with Crippen LogP contribution in [0.15, 0.2) is 77.9 Å². The molecule has 174 valence electrons. The molecule has 8 heteroatoms. The number of hydrogen-bond donors (Lipinski definition) is 0. The largest absolute Gasteiger partial charge is 0.497 e. The van der Waals surface area contributed by atoms with Crippen molar-refractivity contribution >= 4 is 29.1 Å². The molecule has 0 spiro atoms. The number of nitrogens with zero attached hydrogens (tertiary/aromatic N) is 3. The second-order valence-electron chi connectivity index (χ2n) is 7.90. The number of carbonyl (C=O) groups is 2. The van der Waals surface area contributed by atoms with Gasteiger partial charge in [0.1, 0.15) is 18.1 Å². The highest BCUT2D eigenvalue weighted by molar-refractivity contribution is 6.31. The van der Waals surface area contributed by atoms with Crippen LogP contribution in [0.5, 0.6) is 5.75 Å². The van der Waals surface area contributed by atoms with Gasteiger partial charge in [-0.1, -0.05) is 54.1 Å². The number of likely N-dealkylation sites (N-methyl/N-ethyl adjacent to an activating group) is 1. The van der Waals surface area contributed by atoms with E-state index in [1.165, 1.54) is 35.2 Å².